The van der Waals surface area contributed by atoms with E-state index in [2.05, 4.69) is 6.92 Å². The zero-order valence-electron chi connectivity index (χ0n) is 15.9. The smallest absolute Gasteiger partial charge is 0.343 e. The highest BCUT2D eigenvalue weighted by Crippen LogP contribution is 2.15. The minimum absolute atomic E-state index is 0.523. The Kier molecular flexibility index (Phi) is 12.7. The fourth-order valence-electron chi connectivity index (χ4n) is 2.93. The average Bonchev–Trinajstić information content (AvgIpc) is 2.62. The summed E-state index contributed by atoms with van der Waals surface area (Å²) in [6, 6.07) is 8.66. The second-order valence-corrected chi connectivity index (χ2v) is 6.69. The Labute approximate surface area is 153 Å². The number of urea groups is 1. The normalized spacial score (nSPS) is 10.8. The molecule has 0 aromatic heterocycles. The molecule has 0 heterocycles. The summed E-state index contributed by atoms with van der Waals surface area (Å²) in [5, 5.41) is 1.18. The third-order valence-corrected chi connectivity index (χ3v) is 4.41. The number of nitrogens with two attached hydrogens (primary N) is 1. The second-order valence-electron chi connectivity index (χ2n) is 6.69. The number of benzene rings is 1. The number of nitrogens with zero attached hydrogens (tertiary/aromatic N) is 1. The summed E-state index contributed by atoms with van der Waals surface area (Å²) in [5.41, 5.74) is 6.05. The third kappa shape index (κ3) is 10.8. The molecule has 0 bridgehead atoms. The fourth-order valence-corrected chi connectivity index (χ4v) is 2.93. The highest BCUT2D eigenvalue weighted by Gasteiger charge is 2.12. The zero-order chi connectivity index (χ0) is 18.2. The van der Waals surface area contributed by atoms with E-state index in [0.717, 1.165) is 12.8 Å². The van der Waals surface area contributed by atoms with E-state index in [0.29, 0.717) is 12.3 Å². The first kappa shape index (κ1) is 21.5. The fraction of sp³-hybridized carbons (Fsp3) is 0.667. The van der Waals surface area contributed by atoms with Crippen LogP contribution in [0.3, 0.4) is 0 Å². The van der Waals surface area contributed by atoms with Gasteiger partial charge in [0.05, 0.1) is 12.3 Å². The number of unbranched alkanes of at least 4 members (excludes halogenated alkanes) is 11. The maximum absolute atomic E-state index is 11.5. The van der Waals surface area contributed by atoms with Gasteiger partial charge in [-0.15, -0.1) is 0 Å². The van der Waals surface area contributed by atoms with Gasteiger partial charge in [-0.05, 0) is 18.6 Å². The van der Waals surface area contributed by atoms with Crippen molar-refractivity contribution in [1.29, 1.82) is 0 Å². The van der Waals surface area contributed by atoms with Crippen molar-refractivity contribution in [3.8, 4) is 0 Å². The van der Waals surface area contributed by atoms with Crippen molar-refractivity contribution in [3.63, 3.8) is 0 Å². The van der Waals surface area contributed by atoms with Crippen LogP contribution in [0, 0.1) is 0 Å². The molecule has 142 valence electrons. The van der Waals surface area contributed by atoms with Crippen LogP contribution in [-0.2, 0) is 4.84 Å². The number of hydrogen-bond acceptors (Lipinski definition) is 2. The molecule has 2 N–H and O–H groups in total. The summed E-state index contributed by atoms with van der Waals surface area (Å²) >= 11 is 0. The van der Waals surface area contributed by atoms with Crippen molar-refractivity contribution in [2.45, 2.75) is 84.0 Å². The molecule has 0 saturated heterocycles. The van der Waals surface area contributed by atoms with Gasteiger partial charge in [-0.2, -0.15) is 5.06 Å². The van der Waals surface area contributed by atoms with Crippen LogP contribution in [0.4, 0.5) is 10.5 Å². The molecular weight excluding hydrogens is 312 g/mol. The third-order valence-electron chi connectivity index (χ3n) is 4.41. The lowest BCUT2D eigenvalue weighted by Crippen LogP contribution is -2.36. The van der Waals surface area contributed by atoms with E-state index in [1.54, 1.807) is 0 Å². The van der Waals surface area contributed by atoms with Gasteiger partial charge in [0.2, 0.25) is 0 Å². The van der Waals surface area contributed by atoms with Crippen LogP contribution in [0.1, 0.15) is 84.0 Å². The summed E-state index contributed by atoms with van der Waals surface area (Å²) in [6.07, 6.45) is 15.6. The van der Waals surface area contributed by atoms with E-state index in [9.17, 15) is 4.79 Å². The molecule has 0 spiro atoms. The van der Waals surface area contributed by atoms with Crippen LogP contribution in [0.15, 0.2) is 30.3 Å². The highest BCUT2D eigenvalue weighted by atomic mass is 16.7. The van der Waals surface area contributed by atoms with Crippen molar-refractivity contribution >= 4 is 11.7 Å². The molecule has 0 aliphatic carbocycles. The molecule has 0 saturated carbocycles. The minimum Gasteiger partial charge on any atom is -0.349 e. The van der Waals surface area contributed by atoms with Crippen molar-refractivity contribution in [1.82, 2.24) is 0 Å². The Morgan fingerprint density at radius 2 is 1.32 bits per heavy atom. The largest absolute Gasteiger partial charge is 0.349 e. The van der Waals surface area contributed by atoms with Gasteiger partial charge >= 0.3 is 6.03 Å². The lowest BCUT2D eigenvalue weighted by atomic mass is 10.1. The van der Waals surface area contributed by atoms with Crippen molar-refractivity contribution < 1.29 is 9.63 Å². The Balaban J connectivity index is 1.96. The number of hydroxylamine groups is 1. The number of carbonyl (C=O) groups excluding carboxylic acids is 1. The number of primary amides is 1. The first-order valence-electron chi connectivity index (χ1n) is 10.0. The number of amides is 2. The Hall–Kier alpha value is -1.55. The molecule has 25 heavy (non-hydrogen) atoms. The maximum atomic E-state index is 11.5. The molecule has 0 atom stereocenters. The maximum Gasteiger partial charge on any atom is 0.343 e. The van der Waals surface area contributed by atoms with E-state index in [-0.39, 0.29) is 0 Å². The van der Waals surface area contributed by atoms with Gasteiger partial charge < -0.3 is 5.73 Å². The van der Waals surface area contributed by atoms with Gasteiger partial charge in [-0.3, -0.25) is 4.84 Å². The van der Waals surface area contributed by atoms with Crippen molar-refractivity contribution in [2.24, 2.45) is 5.73 Å². The first-order valence-corrected chi connectivity index (χ1v) is 10.0. The van der Waals surface area contributed by atoms with Crippen LogP contribution in [0.5, 0.6) is 0 Å². The summed E-state index contributed by atoms with van der Waals surface area (Å²) in [6.45, 7) is 2.79. The number of rotatable bonds is 15. The molecule has 1 rings (SSSR count). The number of anilines is 1. The monoisotopic (exact) mass is 348 g/mol. The zero-order valence-corrected chi connectivity index (χ0v) is 15.9. The van der Waals surface area contributed by atoms with Gasteiger partial charge in [0.25, 0.3) is 0 Å². The summed E-state index contributed by atoms with van der Waals surface area (Å²) in [7, 11) is 0. The van der Waals surface area contributed by atoms with E-state index in [4.69, 9.17) is 10.6 Å². The van der Waals surface area contributed by atoms with Gasteiger partial charge in [0, 0.05) is 0 Å². The van der Waals surface area contributed by atoms with E-state index < -0.39 is 6.03 Å². The van der Waals surface area contributed by atoms with Crippen molar-refractivity contribution in [3.05, 3.63) is 30.3 Å². The van der Waals surface area contributed by atoms with Crippen LogP contribution in [-0.4, -0.2) is 12.6 Å². The SMILES string of the molecule is CCCCCCCCCCCCCCON(C(N)=O)c1ccccc1. The molecule has 4 nitrogen and oxygen atoms in total. The van der Waals surface area contributed by atoms with Gasteiger partial charge in [-0.1, -0.05) is 95.8 Å². The van der Waals surface area contributed by atoms with Gasteiger partial charge in [0.1, 0.15) is 0 Å². The van der Waals surface area contributed by atoms with E-state index in [1.807, 2.05) is 30.3 Å². The highest BCUT2D eigenvalue weighted by molar-refractivity contribution is 5.88. The molecule has 0 aliphatic rings. The van der Waals surface area contributed by atoms with Crippen LogP contribution >= 0.6 is 0 Å². The van der Waals surface area contributed by atoms with Crippen LogP contribution < -0.4 is 10.8 Å². The summed E-state index contributed by atoms with van der Waals surface area (Å²) in [5.74, 6) is 0. The number of hydrogen-bond donors (Lipinski definition) is 1. The lowest BCUT2D eigenvalue weighted by Gasteiger charge is -2.19. The standard InChI is InChI=1S/C21H36N2O2/c1-2-3-4-5-6-7-8-9-10-11-12-16-19-25-23(21(22)24)20-17-14-13-15-18-20/h13-15,17-18H,2-12,16,19H2,1H3,(H2,22,24). The Bertz CT molecular complexity index is 437. The molecule has 0 radical (unpaired) electrons. The topological polar surface area (TPSA) is 55.6 Å². The molecular formula is C21H36N2O2. The quantitative estimate of drug-likeness (QED) is 0.303. The first-order chi connectivity index (χ1) is 12.3. The number of carbonyl (C=O) groups is 1. The van der Waals surface area contributed by atoms with Gasteiger partial charge in [0.15, 0.2) is 0 Å². The summed E-state index contributed by atoms with van der Waals surface area (Å²) in [4.78, 5) is 17.0. The predicted molar refractivity (Wildman–Crippen MR) is 106 cm³/mol. The molecule has 0 fully saturated rings. The predicted octanol–water partition coefficient (Wildman–Crippen LogP) is 6.20. The Morgan fingerprint density at radius 3 is 1.80 bits per heavy atom. The molecule has 0 aliphatic heterocycles. The summed E-state index contributed by atoms with van der Waals surface area (Å²) < 4.78 is 0. The molecule has 4 heteroatoms. The van der Waals surface area contributed by atoms with Crippen molar-refractivity contribution in [2.75, 3.05) is 11.7 Å². The molecule has 0 unspecified atom stereocenters. The van der Waals surface area contributed by atoms with Gasteiger partial charge in [-0.25, -0.2) is 4.79 Å². The molecule has 1 aromatic rings. The number of para-hydroxylation sites is 1. The van der Waals surface area contributed by atoms with Crippen LogP contribution in [0.25, 0.3) is 0 Å². The van der Waals surface area contributed by atoms with E-state index in [1.165, 1.54) is 69.3 Å². The average molecular weight is 349 g/mol. The minimum atomic E-state index is -0.579. The molecule has 2 amide bonds. The molecule has 1 aromatic carbocycles. The second kappa shape index (κ2) is 14.8. The van der Waals surface area contributed by atoms with E-state index >= 15 is 0 Å². The Morgan fingerprint density at radius 1 is 0.840 bits per heavy atom. The lowest BCUT2D eigenvalue weighted by molar-refractivity contribution is 0.116. The van der Waals surface area contributed by atoms with Crippen LogP contribution in [0.2, 0.25) is 0 Å².